The first-order valence-corrected chi connectivity index (χ1v) is 12.6. The highest BCUT2D eigenvalue weighted by Gasteiger charge is 2.50. The number of hydrogen-bond acceptors (Lipinski definition) is 5. The summed E-state index contributed by atoms with van der Waals surface area (Å²) < 4.78 is 86.3. The molecule has 0 spiro atoms. The van der Waals surface area contributed by atoms with Gasteiger partial charge in [-0.2, -0.15) is 26.3 Å². The molecule has 0 bridgehead atoms. The normalized spacial score (nSPS) is 24.8. The van der Waals surface area contributed by atoms with Gasteiger partial charge in [-0.15, -0.1) is 0 Å². The van der Waals surface area contributed by atoms with Crippen molar-refractivity contribution >= 4 is 11.9 Å². The predicted molar refractivity (Wildman–Crippen MR) is 131 cm³/mol. The number of aliphatic hydroxyl groups excluding tert-OH is 1. The van der Waals surface area contributed by atoms with Crippen molar-refractivity contribution in [2.24, 2.45) is 0 Å². The van der Waals surface area contributed by atoms with Crippen molar-refractivity contribution in [3.8, 4) is 0 Å². The van der Waals surface area contributed by atoms with Gasteiger partial charge in [0.15, 0.2) is 0 Å². The number of aliphatic hydroxyl groups is 1. The zero-order chi connectivity index (χ0) is 29.3. The van der Waals surface area contributed by atoms with Crippen LogP contribution in [0.15, 0.2) is 48.5 Å². The minimum absolute atomic E-state index is 0.0738. The summed E-state index contributed by atoms with van der Waals surface area (Å²) in [5.74, 6) is -0.460. The zero-order valence-corrected chi connectivity index (χ0v) is 21.5. The molecule has 13 heteroatoms. The molecule has 2 aromatic rings. The predicted octanol–water partition coefficient (Wildman–Crippen LogP) is 4.75. The van der Waals surface area contributed by atoms with E-state index in [0.29, 0.717) is 25.0 Å². The number of hydrogen-bond donors (Lipinski definition) is 3. The van der Waals surface area contributed by atoms with E-state index in [1.165, 1.54) is 11.8 Å². The fourth-order valence-electron chi connectivity index (χ4n) is 5.36. The summed E-state index contributed by atoms with van der Waals surface area (Å²) in [6, 6.07) is 9.81. The van der Waals surface area contributed by atoms with Crippen LogP contribution in [0.1, 0.15) is 54.5 Å². The first-order valence-electron chi connectivity index (χ1n) is 12.6. The van der Waals surface area contributed by atoms with E-state index in [1.54, 1.807) is 18.2 Å². The van der Waals surface area contributed by atoms with Gasteiger partial charge in [0.2, 0.25) is 5.91 Å². The lowest BCUT2D eigenvalue weighted by atomic mass is 9.74. The van der Waals surface area contributed by atoms with Crippen molar-refractivity contribution in [1.29, 1.82) is 0 Å². The molecule has 40 heavy (non-hydrogen) atoms. The SMILES string of the molecule is C[C@@H](OC[C@@]1(c2ccccc2)CC[C@](CCO)(N2CC(=O)NC2=O)CN1)c1cc(C(F)(F)F)cc(C(F)(F)F)c1. The van der Waals surface area contributed by atoms with Gasteiger partial charge in [-0.05, 0) is 55.5 Å². The van der Waals surface area contributed by atoms with Crippen molar-refractivity contribution in [3.63, 3.8) is 0 Å². The van der Waals surface area contributed by atoms with Gasteiger partial charge in [0.1, 0.15) is 6.54 Å². The molecule has 7 nitrogen and oxygen atoms in total. The lowest BCUT2D eigenvalue weighted by molar-refractivity contribution is -0.143. The van der Waals surface area contributed by atoms with E-state index in [-0.39, 0.29) is 44.4 Å². The molecule has 3 N–H and O–H groups in total. The molecule has 2 aliphatic heterocycles. The fraction of sp³-hybridized carbons (Fsp3) is 0.481. The minimum atomic E-state index is -4.98. The van der Waals surface area contributed by atoms with Crippen molar-refractivity contribution in [2.75, 3.05) is 26.3 Å². The van der Waals surface area contributed by atoms with Crippen molar-refractivity contribution < 1.29 is 45.8 Å². The van der Waals surface area contributed by atoms with Gasteiger partial charge in [-0.1, -0.05) is 30.3 Å². The van der Waals surface area contributed by atoms with Gasteiger partial charge >= 0.3 is 18.4 Å². The van der Waals surface area contributed by atoms with E-state index in [4.69, 9.17) is 4.74 Å². The molecule has 3 amide bonds. The minimum Gasteiger partial charge on any atom is -0.396 e. The Labute approximate surface area is 226 Å². The van der Waals surface area contributed by atoms with Gasteiger partial charge in [-0.25, -0.2) is 4.79 Å². The number of alkyl halides is 6. The second kappa shape index (κ2) is 11.0. The molecule has 4 rings (SSSR count). The fourth-order valence-corrected chi connectivity index (χ4v) is 5.36. The average Bonchev–Trinajstić information content (AvgIpc) is 3.26. The Balaban J connectivity index is 1.61. The number of rotatable bonds is 8. The first kappa shape index (κ1) is 29.8. The molecule has 3 atom stereocenters. The molecule has 0 aliphatic carbocycles. The smallest absolute Gasteiger partial charge is 0.396 e. The van der Waals surface area contributed by atoms with E-state index >= 15 is 0 Å². The van der Waals surface area contributed by atoms with Crippen LogP contribution < -0.4 is 10.6 Å². The number of halogens is 6. The summed E-state index contributed by atoms with van der Waals surface area (Å²) in [7, 11) is 0. The van der Waals surface area contributed by atoms with Crippen LogP contribution in [0.5, 0.6) is 0 Å². The number of benzene rings is 2. The maximum Gasteiger partial charge on any atom is 0.416 e. The molecule has 0 unspecified atom stereocenters. The van der Waals surface area contributed by atoms with Crippen LogP contribution in [0.2, 0.25) is 0 Å². The molecule has 2 fully saturated rings. The Morgan fingerprint density at radius 1 is 1.00 bits per heavy atom. The highest BCUT2D eigenvalue weighted by Crippen LogP contribution is 2.41. The number of ether oxygens (including phenoxy) is 1. The molecule has 2 heterocycles. The molecule has 2 aromatic carbocycles. The molecule has 0 aromatic heterocycles. The Bertz CT molecular complexity index is 1190. The van der Waals surface area contributed by atoms with Crippen LogP contribution in [0.25, 0.3) is 0 Å². The van der Waals surface area contributed by atoms with E-state index in [1.807, 2.05) is 12.1 Å². The number of amides is 3. The summed E-state index contributed by atoms with van der Waals surface area (Å²) in [4.78, 5) is 25.7. The second-order valence-electron chi connectivity index (χ2n) is 10.2. The number of imide groups is 1. The Kier molecular flexibility index (Phi) is 8.21. The van der Waals surface area contributed by atoms with Gasteiger partial charge in [0.25, 0.3) is 0 Å². The van der Waals surface area contributed by atoms with Crippen molar-refractivity contribution in [3.05, 3.63) is 70.8 Å². The first-order chi connectivity index (χ1) is 18.7. The van der Waals surface area contributed by atoms with Crippen LogP contribution in [-0.2, 0) is 27.4 Å². The number of urea groups is 1. The van der Waals surface area contributed by atoms with E-state index in [0.717, 1.165) is 5.56 Å². The van der Waals surface area contributed by atoms with Crippen LogP contribution in [-0.4, -0.2) is 53.8 Å². The number of carbonyl (C=O) groups excluding carboxylic acids is 2. The Morgan fingerprint density at radius 2 is 1.62 bits per heavy atom. The molecular formula is C27H29F6N3O4. The molecule has 218 valence electrons. The molecule has 2 aliphatic rings. The van der Waals surface area contributed by atoms with Crippen molar-refractivity contribution in [2.45, 2.75) is 55.7 Å². The van der Waals surface area contributed by atoms with Crippen LogP contribution in [0.3, 0.4) is 0 Å². The zero-order valence-electron chi connectivity index (χ0n) is 21.5. The Hall–Kier alpha value is -3.16. The summed E-state index contributed by atoms with van der Waals surface area (Å²) >= 11 is 0. The van der Waals surface area contributed by atoms with Gasteiger partial charge < -0.3 is 20.1 Å². The van der Waals surface area contributed by atoms with Crippen LogP contribution in [0, 0.1) is 0 Å². The summed E-state index contributed by atoms with van der Waals surface area (Å²) in [6.07, 6.45) is -10.2. The summed E-state index contributed by atoms with van der Waals surface area (Å²) in [5.41, 5.74) is -4.16. The molecule has 0 radical (unpaired) electrons. The largest absolute Gasteiger partial charge is 0.416 e. The van der Waals surface area contributed by atoms with Crippen molar-refractivity contribution in [1.82, 2.24) is 15.5 Å². The lowest BCUT2D eigenvalue weighted by Crippen LogP contribution is -2.65. The highest BCUT2D eigenvalue weighted by molar-refractivity contribution is 6.02. The van der Waals surface area contributed by atoms with Gasteiger partial charge in [0, 0.05) is 13.2 Å². The van der Waals surface area contributed by atoms with E-state index < -0.39 is 52.6 Å². The third-order valence-corrected chi connectivity index (χ3v) is 7.70. The number of piperidine rings is 1. The number of nitrogens with zero attached hydrogens (tertiary/aromatic N) is 1. The van der Waals surface area contributed by atoms with Gasteiger partial charge in [0.05, 0.1) is 34.9 Å². The summed E-state index contributed by atoms with van der Waals surface area (Å²) in [6.45, 7) is 1.01. The average molecular weight is 574 g/mol. The number of nitrogens with one attached hydrogen (secondary N) is 2. The topological polar surface area (TPSA) is 90.9 Å². The third-order valence-electron chi connectivity index (χ3n) is 7.70. The lowest BCUT2D eigenvalue weighted by Gasteiger charge is -2.51. The number of carbonyl (C=O) groups is 2. The summed E-state index contributed by atoms with van der Waals surface area (Å²) in [5, 5.41) is 15.4. The maximum absolute atomic E-state index is 13.4. The Morgan fingerprint density at radius 3 is 2.10 bits per heavy atom. The standard InChI is InChI=1S/C27H29F6N3O4/c1-17(18-11-20(26(28,29)30)13-21(12-18)27(31,32)33)40-16-25(19-5-3-2-4-6-19)8-7-24(9-10-37,15-34-25)36-14-22(38)35-23(36)39/h2-6,11-13,17,34,37H,7-10,14-16H2,1H3,(H,35,38,39)/t17-,24-,25-/m1/s1. The van der Waals surface area contributed by atoms with Crippen LogP contribution >= 0.6 is 0 Å². The monoisotopic (exact) mass is 573 g/mol. The van der Waals surface area contributed by atoms with Crippen LogP contribution in [0.4, 0.5) is 31.1 Å². The molecule has 0 saturated carbocycles. The third kappa shape index (κ3) is 6.11. The quantitative estimate of drug-likeness (QED) is 0.313. The maximum atomic E-state index is 13.4. The molecular weight excluding hydrogens is 544 g/mol. The molecule has 2 saturated heterocycles. The highest BCUT2D eigenvalue weighted by atomic mass is 19.4. The van der Waals surface area contributed by atoms with E-state index in [9.17, 15) is 41.0 Å². The van der Waals surface area contributed by atoms with E-state index in [2.05, 4.69) is 10.6 Å². The van der Waals surface area contributed by atoms with Gasteiger partial charge in [-0.3, -0.25) is 10.1 Å². The second-order valence-corrected chi connectivity index (χ2v) is 10.2.